The third kappa shape index (κ3) is 2.38. The van der Waals surface area contributed by atoms with Crippen LogP contribution in [0.25, 0.3) is 17.1 Å². The normalized spacial score (nSPS) is 13.2. The quantitative estimate of drug-likeness (QED) is 0.764. The Morgan fingerprint density at radius 2 is 1.68 bits per heavy atom. The van der Waals surface area contributed by atoms with Gasteiger partial charge in [0, 0.05) is 21.6 Å². The molecule has 0 unspecified atom stereocenters. The number of nitrogens with zero attached hydrogens (tertiary/aromatic N) is 3. The van der Waals surface area contributed by atoms with Gasteiger partial charge in [0.2, 0.25) is 5.16 Å². The maximum Gasteiger partial charge on any atom is 0.214 e. The molecule has 108 valence electrons. The molecule has 0 aliphatic carbocycles. The second-order valence-electron chi connectivity index (χ2n) is 4.78. The van der Waals surface area contributed by atoms with Crippen molar-refractivity contribution in [1.29, 1.82) is 0 Å². The third-order valence-electron chi connectivity index (χ3n) is 3.34. The fraction of sp³-hybridized carbons (Fsp3) is 0. The lowest BCUT2D eigenvalue weighted by molar-refractivity contribution is 0.826. The molecule has 0 atom stereocenters. The van der Waals surface area contributed by atoms with Crippen molar-refractivity contribution in [3.63, 3.8) is 0 Å². The van der Waals surface area contributed by atoms with Gasteiger partial charge >= 0.3 is 0 Å². The van der Waals surface area contributed by atoms with Crippen LogP contribution in [0.15, 0.2) is 65.2 Å². The third-order valence-corrected chi connectivity index (χ3v) is 4.42. The van der Waals surface area contributed by atoms with Crippen molar-refractivity contribution in [2.45, 2.75) is 5.16 Å². The van der Waals surface area contributed by atoms with E-state index in [1.807, 2.05) is 64.7 Å². The van der Waals surface area contributed by atoms with Gasteiger partial charge < -0.3 is 0 Å². The van der Waals surface area contributed by atoms with Gasteiger partial charge in [-0.15, -0.1) is 10.2 Å². The molecule has 1 N–H and O–H groups in total. The van der Waals surface area contributed by atoms with Crippen LogP contribution in [0.4, 0.5) is 0 Å². The Bertz CT molecular complexity index is 840. The lowest BCUT2D eigenvalue weighted by Crippen LogP contribution is -2.18. The number of fused-ring (bicyclic) bond motifs is 1. The standard InChI is InChI=1S/C16H11ClN4S/c17-13-8-6-11(7-9-13)14-10-22-16-19-18-15(21(16)20-14)12-4-2-1-3-5-12/h1-10,20H. The lowest BCUT2D eigenvalue weighted by atomic mass is 10.2. The number of aromatic nitrogens is 3. The highest BCUT2D eigenvalue weighted by molar-refractivity contribution is 8.02. The highest BCUT2D eigenvalue weighted by Crippen LogP contribution is 2.31. The first-order chi connectivity index (χ1) is 10.8. The van der Waals surface area contributed by atoms with Crippen molar-refractivity contribution in [2.24, 2.45) is 0 Å². The number of hydrogen-bond acceptors (Lipinski definition) is 4. The van der Waals surface area contributed by atoms with E-state index < -0.39 is 0 Å². The van der Waals surface area contributed by atoms with Crippen LogP contribution in [-0.4, -0.2) is 14.9 Å². The van der Waals surface area contributed by atoms with Crippen LogP contribution in [0.5, 0.6) is 0 Å². The zero-order valence-corrected chi connectivity index (χ0v) is 13.0. The molecule has 2 aromatic carbocycles. The Balaban J connectivity index is 1.70. The van der Waals surface area contributed by atoms with Gasteiger partial charge in [-0.2, -0.15) is 0 Å². The number of halogens is 1. The van der Waals surface area contributed by atoms with Crippen molar-refractivity contribution < 1.29 is 0 Å². The summed E-state index contributed by atoms with van der Waals surface area (Å²) in [6, 6.07) is 17.7. The fourth-order valence-corrected chi connectivity index (χ4v) is 3.11. The number of hydrogen-bond donors (Lipinski definition) is 1. The predicted molar refractivity (Wildman–Crippen MR) is 90.1 cm³/mol. The van der Waals surface area contributed by atoms with Crippen molar-refractivity contribution >= 4 is 29.1 Å². The maximum absolute atomic E-state index is 5.95. The van der Waals surface area contributed by atoms with Gasteiger partial charge in [-0.3, -0.25) is 5.43 Å². The molecule has 0 saturated carbocycles. The van der Waals surface area contributed by atoms with Crippen LogP contribution in [0.3, 0.4) is 0 Å². The van der Waals surface area contributed by atoms with E-state index >= 15 is 0 Å². The van der Waals surface area contributed by atoms with Gasteiger partial charge in [0.1, 0.15) is 0 Å². The molecule has 0 saturated heterocycles. The second kappa shape index (κ2) is 5.51. The predicted octanol–water partition coefficient (Wildman–Crippen LogP) is 4.25. The largest absolute Gasteiger partial charge is 0.289 e. The highest BCUT2D eigenvalue weighted by atomic mass is 35.5. The van der Waals surface area contributed by atoms with Crippen molar-refractivity contribution in [3.05, 3.63) is 70.6 Å². The summed E-state index contributed by atoms with van der Waals surface area (Å²) < 4.78 is 1.91. The highest BCUT2D eigenvalue weighted by Gasteiger charge is 2.19. The summed E-state index contributed by atoms with van der Waals surface area (Å²) in [6.45, 7) is 0. The molecule has 0 amide bonds. The van der Waals surface area contributed by atoms with E-state index in [0.717, 1.165) is 32.8 Å². The minimum Gasteiger partial charge on any atom is -0.289 e. The summed E-state index contributed by atoms with van der Waals surface area (Å²) in [5, 5.41) is 12.1. The minimum atomic E-state index is 0.725. The molecule has 3 aromatic rings. The summed E-state index contributed by atoms with van der Waals surface area (Å²) in [5.41, 5.74) is 6.45. The second-order valence-corrected chi connectivity index (χ2v) is 6.05. The summed E-state index contributed by atoms with van der Waals surface area (Å²) in [5.74, 6) is 0.794. The monoisotopic (exact) mass is 326 g/mol. The summed E-state index contributed by atoms with van der Waals surface area (Å²) in [4.78, 5) is 0. The van der Waals surface area contributed by atoms with Gasteiger partial charge in [-0.05, 0) is 12.1 Å². The SMILES string of the molecule is Clc1ccc(C2=CSc3nnc(-c4ccccc4)n3N2)cc1. The van der Waals surface area contributed by atoms with Gasteiger partial charge in [0.15, 0.2) is 5.82 Å². The van der Waals surface area contributed by atoms with Crippen LogP contribution in [0.2, 0.25) is 5.02 Å². The molecule has 22 heavy (non-hydrogen) atoms. The van der Waals surface area contributed by atoms with E-state index in [1.54, 1.807) is 11.8 Å². The Morgan fingerprint density at radius 1 is 0.909 bits per heavy atom. The van der Waals surface area contributed by atoms with Crippen molar-refractivity contribution in [1.82, 2.24) is 14.9 Å². The van der Waals surface area contributed by atoms with E-state index in [0.29, 0.717) is 0 Å². The molecule has 1 aliphatic heterocycles. The molecule has 0 fully saturated rings. The first-order valence-corrected chi connectivity index (χ1v) is 7.98. The Hall–Kier alpha value is -2.24. The summed E-state index contributed by atoms with van der Waals surface area (Å²) >= 11 is 7.49. The van der Waals surface area contributed by atoms with E-state index in [4.69, 9.17) is 11.6 Å². The zero-order valence-electron chi connectivity index (χ0n) is 11.4. The average molecular weight is 327 g/mol. The van der Waals surface area contributed by atoms with Gasteiger partial charge in [0.25, 0.3) is 0 Å². The van der Waals surface area contributed by atoms with Gasteiger partial charge in [-0.25, -0.2) is 4.68 Å². The molecule has 4 nitrogen and oxygen atoms in total. The van der Waals surface area contributed by atoms with Crippen molar-refractivity contribution in [3.8, 4) is 11.4 Å². The molecule has 2 heterocycles. The molecule has 1 aliphatic rings. The number of thioether (sulfide) groups is 1. The maximum atomic E-state index is 5.95. The number of rotatable bonds is 2. The minimum absolute atomic E-state index is 0.725. The van der Waals surface area contributed by atoms with Gasteiger partial charge in [-0.1, -0.05) is 65.8 Å². The number of benzene rings is 2. The molecular formula is C16H11ClN4S. The van der Waals surface area contributed by atoms with Crippen LogP contribution < -0.4 is 5.43 Å². The van der Waals surface area contributed by atoms with E-state index in [-0.39, 0.29) is 0 Å². The lowest BCUT2D eigenvalue weighted by Gasteiger charge is -2.19. The molecule has 0 bridgehead atoms. The van der Waals surface area contributed by atoms with E-state index in [2.05, 4.69) is 15.6 Å². The molecule has 0 radical (unpaired) electrons. The molecular weight excluding hydrogens is 316 g/mol. The Labute approximate surface area is 136 Å². The molecule has 4 rings (SSSR count). The molecule has 1 aromatic heterocycles. The topological polar surface area (TPSA) is 42.7 Å². The van der Waals surface area contributed by atoms with Gasteiger partial charge in [0.05, 0.1) is 5.70 Å². The first-order valence-electron chi connectivity index (χ1n) is 6.72. The molecule has 6 heteroatoms. The van der Waals surface area contributed by atoms with Crippen LogP contribution >= 0.6 is 23.4 Å². The Morgan fingerprint density at radius 3 is 2.45 bits per heavy atom. The zero-order chi connectivity index (χ0) is 14.9. The Kier molecular flexibility index (Phi) is 3.36. The summed E-state index contributed by atoms with van der Waals surface area (Å²) in [6.07, 6.45) is 0. The average Bonchev–Trinajstić information content (AvgIpc) is 2.99. The number of nitrogens with one attached hydrogen (secondary N) is 1. The van der Waals surface area contributed by atoms with E-state index in [1.165, 1.54) is 0 Å². The fourth-order valence-electron chi connectivity index (χ4n) is 2.24. The van der Waals surface area contributed by atoms with Crippen molar-refractivity contribution in [2.75, 3.05) is 5.43 Å². The molecule has 0 spiro atoms. The first kappa shape index (κ1) is 13.4. The van der Waals surface area contributed by atoms with Crippen LogP contribution in [0, 0.1) is 0 Å². The smallest absolute Gasteiger partial charge is 0.214 e. The van der Waals surface area contributed by atoms with Crippen LogP contribution in [0.1, 0.15) is 5.56 Å². The van der Waals surface area contributed by atoms with E-state index in [9.17, 15) is 0 Å². The summed E-state index contributed by atoms with van der Waals surface area (Å²) in [7, 11) is 0. The van der Waals surface area contributed by atoms with Crippen LogP contribution in [-0.2, 0) is 0 Å².